The van der Waals surface area contributed by atoms with Crippen LogP contribution >= 0.6 is 0 Å². The van der Waals surface area contributed by atoms with Crippen molar-refractivity contribution in [2.24, 2.45) is 16.4 Å². The van der Waals surface area contributed by atoms with Gasteiger partial charge in [0.05, 0.1) is 15.9 Å². The molecule has 22 heavy (non-hydrogen) atoms. The van der Waals surface area contributed by atoms with Crippen LogP contribution in [0.1, 0.15) is 34.1 Å². The highest BCUT2D eigenvalue weighted by Gasteiger charge is 2.22. The van der Waals surface area contributed by atoms with E-state index in [1.807, 2.05) is 6.92 Å². The van der Waals surface area contributed by atoms with Gasteiger partial charge in [0.25, 0.3) is 5.69 Å². The van der Waals surface area contributed by atoms with Gasteiger partial charge in [-0.15, -0.1) is 0 Å². The Balaban J connectivity index is 2.98. The molecule has 120 valence electrons. The SMILES string of the molecule is CCC(C=NNc1ccc([N+](=O)[O-])cc1[N+](=O)[O-])C(C)(C)C. The number of nitro benzene ring substituents is 2. The Bertz CT molecular complexity index is 593. The van der Waals surface area contributed by atoms with Crippen LogP contribution in [0, 0.1) is 31.6 Å². The Morgan fingerprint density at radius 1 is 1.27 bits per heavy atom. The van der Waals surface area contributed by atoms with E-state index in [2.05, 4.69) is 31.3 Å². The molecule has 0 aliphatic heterocycles. The third-order valence-electron chi connectivity index (χ3n) is 3.38. The molecule has 1 aromatic rings. The predicted octanol–water partition coefficient (Wildman–Crippen LogP) is 3.97. The lowest BCUT2D eigenvalue weighted by Crippen LogP contribution is -2.21. The first-order valence-electron chi connectivity index (χ1n) is 6.88. The van der Waals surface area contributed by atoms with Crippen LogP contribution in [-0.2, 0) is 0 Å². The van der Waals surface area contributed by atoms with Crippen LogP contribution in [0.15, 0.2) is 23.3 Å². The van der Waals surface area contributed by atoms with Gasteiger partial charge in [0.2, 0.25) is 0 Å². The first-order valence-corrected chi connectivity index (χ1v) is 6.88. The number of hydrogen-bond acceptors (Lipinski definition) is 6. The molecule has 0 saturated carbocycles. The third kappa shape index (κ3) is 4.51. The molecule has 1 atom stereocenters. The fourth-order valence-electron chi connectivity index (χ4n) is 2.02. The number of hydrazone groups is 1. The van der Waals surface area contributed by atoms with Gasteiger partial charge in [0.1, 0.15) is 5.69 Å². The van der Waals surface area contributed by atoms with E-state index >= 15 is 0 Å². The Kier molecular flexibility index (Phi) is 5.56. The average Bonchev–Trinajstić information content (AvgIpc) is 2.41. The number of benzene rings is 1. The molecule has 0 amide bonds. The Morgan fingerprint density at radius 2 is 1.91 bits per heavy atom. The van der Waals surface area contributed by atoms with Crippen LogP contribution in [-0.4, -0.2) is 16.1 Å². The molecular weight excluding hydrogens is 288 g/mol. The second kappa shape index (κ2) is 6.97. The summed E-state index contributed by atoms with van der Waals surface area (Å²) in [5.41, 5.74) is 2.04. The molecule has 0 radical (unpaired) electrons. The van der Waals surface area contributed by atoms with Gasteiger partial charge in [0.15, 0.2) is 0 Å². The van der Waals surface area contributed by atoms with Crippen LogP contribution < -0.4 is 5.43 Å². The Hall–Kier alpha value is -2.51. The van der Waals surface area contributed by atoms with Crippen LogP contribution in [0.25, 0.3) is 0 Å². The van der Waals surface area contributed by atoms with Gasteiger partial charge >= 0.3 is 5.69 Å². The van der Waals surface area contributed by atoms with E-state index in [0.29, 0.717) is 0 Å². The molecule has 8 nitrogen and oxygen atoms in total. The molecule has 8 heteroatoms. The topological polar surface area (TPSA) is 111 Å². The van der Waals surface area contributed by atoms with Gasteiger partial charge in [0, 0.05) is 18.2 Å². The molecule has 1 aromatic carbocycles. The molecule has 1 N–H and O–H groups in total. The monoisotopic (exact) mass is 308 g/mol. The zero-order valence-corrected chi connectivity index (χ0v) is 13.1. The molecule has 1 rings (SSSR count). The van der Waals surface area contributed by atoms with Gasteiger partial charge in [-0.05, 0) is 17.9 Å². The zero-order valence-electron chi connectivity index (χ0n) is 13.1. The minimum absolute atomic E-state index is 0.0291. The second-order valence-electron chi connectivity index (χ2n) is 5.99. The summed E-state index contributed by atoms with van der Waals surface area (Å²) in [6.45, 7) is 8.29. The highest BCUT2D eigenvalue weighted by atomic mass is 16.6. The molecule has 0 bridgehead atoms. The first-order chi connectivity index (χ1) is 10.2. The lowest BCUT2D eigenvalue weighted by atomic mass is 9.80. The van der Waals surface area contributed by atoms with E-state index < -0.39 is 9.85 Å². The van der Waals surface area contributed by atoms with Crippen molar-refractivity contribution in [2.75, 3.05) is 5.43 Å². The van der Waals surface area contributed by atoms with E-state index in [0.717, 1.165) is 12.5 Å². The lowest BCUT2D eigenvalue weighted by Gasteiger charge is -2.25. The van der Waals surface area contributed by atoms with Crippen molar-refractivity contribution in [3.63, 3.8) is 0 Å². The lowest BCUT2D eigenvalue weighted by molar-refractivity contribution is -0.393. The predicted molar refractivity (Wildman–Crippen MR) is 85.1 cm³/mol. The maximum Gasteiger partial charge on any atom is 0.301 e. The number of rotatable bonds is 6. The van der Waals surface area contributed by atoms with Crippen LogP contribution in [0.3, 0.4) is 0 Å². The number of nitro groups is 2. The molecule has 0 heterocycles. The number of non-ortho nitro benzene ring substituents is 1. The maximum atomic E-state index is 11.0. The van der Waals surface area contributed by atoms with Crippen molar-refractivity contribution >= 4 is 23.3 Å². The summed E-state index contributed by atoms with van der Waals surface area (Å²) in [7, 11) is 0. The fourth-order valence-corrected chi connectivity index (χ4v) is 2.02. The van der Waals surface area contributed by atoms with Gasteiger partial charge in [-0.3, -0.25) is 25.7 Å². The van der Waals surface area contributed by atoms with Crippen molar-refractivity contribution in [3.8, 4) is 0 Å². The maximum absolute atomic E-state index is 11.0. The van der Waals surface area contributed by atoms with Gasteiger partial charge in [-0.25, -0.2) is 0 Å². The molecule has 0 aliphatic carbocycles. The minimum Gasteiger partial charge on any atom is -0.272 e. The summed E-state index contributed by atoms with van der Waals surface area (Å²) in [5, 5.41) is 25.7. The molecule has 0 saturated heterocycles. The molecular formula is C14H20N4O4. The molecule has 0 spiro atoms. The summed E-state index contributed by atoms with van der Waals surface area (Å²) < 4.78 is 0. The summed E-state index contributed by atoms with van der Waals surface area (Å²) in [6.07, 6.45) is 2.60. The molecule has 0 aromatic heterocycles. The van der Waals surface area contributed by atoms with Crippen LogP contribution in [0.2, 0.25) is 0 Å². The number of nitrogens with zero attached hydrogens (tertiary/aromatic N) is 3. The number of anilines is 1. The average molecular weight is 308 g/mol. The second-order valence-corrected chi connectivity index (χ2v) is 5.99. The van der Waals surface area contributed by atoms with Crippen LogP contribution in [0.5, 0.6) is 0 Å². The fraction of sp³-hybridized carbons (Fsp3) is 0.500. The van der Waals surface area contributed by atoms with Gasteiger partial charge in [-0.2, -0.15) is 5.10 Å². The summed E-state index contributed by atoms with van der Waals surface area (Å²) in [6, 6.07) is 3.40. The Morgan fingerprint density at radius 3 is 2.36 bits per heavy atom. The van der Waals surface area contributed by atoms with Gasteiger partial charge < -0.3 is 0 Å². The minimum atomic E-state index is -0.675. The molecule has 1 unspecified atom stereocenters. The number of hydrogen-bond donors (Lipinski definition) is 1. The largest absolute Gasteiger partial charge is 0.301 e. The normalized spacial score (nSPS) is 13.1. The van der Waals surface area contributed by atoms with Crippen molar-refractivity contribution in [3.05, 3.63) is 38.4 Å². The van der Waals surface area contributed by atoms with Crippen molar-refractivity contribution in [1.82, 2.24) is 0 Å². The van der Waals surface area contributed by atoms with E-state index in [9.17, 15) is 20.2 Å². The smallest absolute Gasteiger partial charge is 0.272 e. The third-order valence-corrected chi connectivity index (χ3v) is 3.38. The highest BCUT2D eigenvalue weighted by Crippen LogP contribution is 2.30. The van der Waals surface area contributed by atoms with Crippen molar-refractivity contribution in [1.29, 1.82) is 0 Å². The van der Waals surface area contributed by atoms with Crippen molar-refractivity contribution < 1.29 is 9.85 Å². The number of nitrogens with one attached hydrogen (secondary N) is 1. The van der Waals surface area contributed by atoms with Crippen LogP contribution in [0.4, 0.5) is 17.1 Å². The standard InChI is InChI=1S/C14H20N4O4/c1-5-10(14(2,3)4)9-15-16-12-7-6-11(17(19)20)8-13(12)18(21)22/h6-10,16H,5H2,1-4H3. The molecule has 0 aliphatic rings. The first kappa shape index (κ1) is 17.5. The summed E-state index contributed by atoms with van der Waals surface area (Å²) in [4.78, 5) is 20.3. The summed E-state index contributed by atoms with van der Waals surface area (Å²) in [5.74, 6) is 0.206. The van der Waals surface area contributed by atoms with E-state index in [4.69, 9.17) is 0 Å². The molecule has 0 fully saturated rings. The van der Waals surface area contributed by atoms with E-state index in [-0.39, 0.29) is 28.4 Å². The summed E-state index contributed by atoms with van der Waals surface area (Å²) >= 11 is 0. The van der Waals surface area contributed by atoms with Crippen molar-refractivity contribution in [2.45, 2.75) is 34.1 Å². The Labute approximate surface area is 128 Å². The van der Waals surface area contributed by atoms with E-state index in [1.54, 1.807) is 6.21 Å². The highest BCUT2D eigenvalue weighted by molar-refractivity contribution is 5.68. The van der Waals surface area contributed by atoms with Gasteiger partial charge in [-0.1, -0.05) is 27.7 Å². The van der Waals surface area contributed by atoms with E-state index in [1.165, 1.54) is 12.1 Å². The quantitative estimate of drug-likeness (QED) is 0.485. The zero-order chi connectivity index (χ0) is 16.9.